The van der Waals surface area contributed by atoms with Gasteiger partial charge in [-0.1, -0.05) is 44.5 Å². The van der Waals surface area contributed by atoms with Crippen LogP contribution in [0.25, 0.3) is 0 Å². The van der Waals surface area contributed by atoms with Crippen LogP contribution in [0.15, 0.2) is 54.6 Å². The zero-order chi connectivity index (χ0) is 25.0. The van der Waals surface area contributed by atoms with Crippen molar-refractivity contribution in [1.82, 2.24) is 15.1 Å². The van der Waals surface area contributed by atoms with Crippen molar-refractivity contribution < 1.29 is 18.8 Å². The van der Waals surface area contributed by atoms with Gasteiger partial charge in [-0.15, -0.1) is 0 Å². The van der Waals surface area contributed by atoms with Crippen LogP contribution in [0.4, 0.5) is 10.1 Å². The lowest BCUT2D eigenvalue weighted by molar-refractivity contribution is -0.137. The van der Waals surface area contributed by atoms with Crippen LogP contribution in [-0.4, -0.2) is 65.9 Å². The molecule has 2 saturated heterocycles. The fraction of sp³-hybridized carbons (Fsp3) is 0.444. The maximum Gasteiger partial charge on any atom is 0.253 e. The van der Waals surface area contributed by atoms with Crippen LogP contribution in [0.5, 0.6) is 0 Å². The van der Waals surface area contributed by atoms with Gasteiger partial charge in [-0.3, -0.25) is 14.4 Å². The maximum absolute atomic E-state index is 13.7. The van der Waals surface area contributed by atoms with Crippen molar-refractivity contribution >= 4 is 23.4 Å². The van der Waals surface area contributed by atoms with E-state index >= 15 is 0 Å². The highest BCUT2D eigenvalue weighted by Crippen LogP contribution is 2.39. The van der Waals surface area contributed by atoms with E-state index in [1.807, 2.05) is 30.3 Å². The Kier molecular flexibility index (Phi) is 7.38. The average Bonchev–Trinajstić information content (AvgIpc) is 3.13. The Labute approximate surface area is 205 Å². The minimum absolute atomic E-state index is 0.00624. The Morgan fingerprint density at radius 2 is 1.80 bits per heavy atom. The molecule has 2 aromatic rings. The standard InChI is InChI=1S/C27H33FN4O3/c1-3-20(2)17-29-24(33)18-31-19-32(23-10-5-4-6-11-23)27(26(31)35)12-14-30(15-13-27)25(34)21-8-7-9-22(28)16-21/h4-11,16,20H,3,12-15,17-19H2,1-2H3,(H,29,33). The number of amides is 3. The van der Waals surface area contributed by atoms with Crippen molar-refractivity contribution in [2.24, 2.45) is 5.92 Å². The normalized spacial score (nSPS) is 18.1. The third kappa shape index (κ3) is 5.16. The zero-order valence-electron chi connectivity index (χ0n) is 20.4. The highest BCUT2D eigenvalue weighted by molar-refractivity contribution is 5.97. The Bertz CT molecular complexity index is 1070. The second-order valence-corrected chi connectivity index (χ2v) is 9.56. The predicted octanol–water partition coefficient (Wildman–Crippen LogP) is 3.27. The fourth-order valence-corrected chi connectivity index (χ4v) is 4.87. The lowest BCUT2D eigenvalue weighted by Gasteiger charge is -2.43. The second kappa shape index (κ2) is 10.5. The molecule has 3 amide bonds. The number of anilines is 1. The van der Waals surface area contributed by atoms with Gasteiger partial charge in [0.1, 0.15) is 17.9 Å². The third-order valence-electron chi connectivity index (χ3n) is 7.21. The van der Waals surface area contributed by atoms with Gasteiger partial charge < -0.3 is 20.0 Å². The van der Waals surface area contributed by atoms with Gasteiger partial charge in [0.15, 0.2) is 0 Å². The molecular weight excluding hydrogens is 447 g/mol. The summed E-state index contributed by atoms with van der Waals surface area (Å²) in [5.41, 5.74) is 0.392. The van der Waals surface area contributed by atoms with Gasteiger partial charge in [0.25, 0.3) is 11.8 Å². The first-order valence-electron chi connectivity index (χ1n) is 12.3. The Hall–Kier alpha value is -3.42. The predicted molar refractivity (Wildman–Crippen MR) is 132 cm³/mol. The number of carbonyl (C=O) groups is 3. The molecular formula is C27H33FN4O3. The van der Waals surface area contributed by atoms with Crippen LogP contribution >= 0.6 is 0 Å². The van der Waals surface area contributed by atoms with Gasteiger partial charge >= 0.3 is 0 Å². The molecule has 1 unspecified atom stereocenters. The van der Waals surface area contributed by atoms with Crippen molar-refractivity contribution in [1.29, 1.82) is 0 Å². The van der Waals surface area contributed by atoms with Gasteiger partial charge in [-0.2, -0.15) is 0 Å². The number of hydrogen-bond acceptors (Lipinski definition) is 4. The summed E-state index contributed by atoms with van der Waals surface area (Å²) in [6, 6.07) is 15.4. The number of likely N-dealkylation sites (tertiary alicyclic amines) is 1. The molecule has 7 nitrogen and oxygen atoms in total. The van der Waals surface area contributed by atoms with Crippen molar-refractivity contribution in [2.45, 2.75) is 38.6 Å². The van der Waals surface area contributed by atoms with E-state index in [1.54, 1.807) is 15.9 Å². The molecule has 35 heavy (non-hydrogen) atoms. The fourth-order valence-electron chi connectivity index (χ4n) is 4.87. The number of carbonyl (C=O) groups excluding carboxylic acids is 3. The molecule has 0 aliphatic carbocycles. The lowest BCUT2D eigenvalue weighted by atomic mass is 9.85. The number of hydrogen-bond donors (Lipinski definition) is 1. The van der Waals surface area contributed by atoms with Gasteiger partial charge in [-0.05, 0) is 49.1 Å². The maximum atomic E-state index is 13.7. The Morgan fingerprint density at radius 1 is 1.09 bits per heavy atom. The Morgan fingerprint density at radius 3 is 2.46 bits per heavy atom. The van der Waals surface area contributed by atoms with Crippen molar-refractivity contribution in [3.05, 3.63) is 66.0 Å². The minimum atomic E-state index is -0.822. The summed E-state index contributed by atoms with van der Waals surface area (Å²) >= 11 is 0. The summed E-state index contributed by atoms with van der Waals surface area (Å²) in [6.45, 7) is 5.81. The molecule has 1 N–H and O–H groups in total. The summed E-state index contributed by atoms with van der Waals surface area (Å²) in [5.74, 6) is -0.564. The minimum Gasteiger partial charge on any atom is -0.354 e. The molecule has 8 heteroatoms. The number of nitrogens with one attached hydrogen (secondary N) is 1. The van der Waals surface area contributed by atoms with Gasteiger partial charge in [0, 0.05) is 30.9 Å². The lowest BCUT2D eigenvalue weighted by Crippen LogP contribution is -2.57. The quantitative estimate of drug-likeness (QED) is 0.660. The number of piperidine rings is 1. The van der Waals surface area contributed by atoms with E-state index in [1.165, 1.54) is 18.2 Å². The van der Waals surface area contributed by atoms with Crippen LogP contribution in [0.2, 0.25) is 0 Å². The molecule has 0 aromatic heterocycles. The molecule has 0 radical (unpaired) electrons. The first-order chi connectivity index (χ1) is 16.8. The molecule has 2 aromatic carbocycles. The van der Waals surface area contributed by atoms with E-state index < -0.39 is 11.4 Å². The molecule has 2 aliphatic heterocycles. The molecule has 0 bridgehead atoms. The van der Waals surface area contributed by atoms with Crippen molar-refractivity contribution in [3.8, 4) is 0 Å². The van der Waals surface area contributed by atoms with Crippen LogP contribution in [-0.2, 0) is 9.59 Å². The largest absolute Gasteiger partial charge is 0.354 e. The molecule has 1 atom stereocenters. The van der Waals surface area contributed by atoms with Crippen LogP contribution in [0.3, 0.4) is 0 Å². The van der Waals surface area contributed by atoms with E-state index in [4.69, 9.17) is 0 Å². The molecule has 2 fully saturated rings. The molecule has 0 saturated carbocycles. The van der Waals surface area contributed by atoms with E-state index in [9.17, 15) is 18.8 Å². The Balaban J connectivity index is 1.51. The SMILES string of the molecule is CCC(C)CNC(=O)CN1CN(c2ccccc2)C2(CCN(C(=O)c3cccc(F)c3)CC2)C1=O. The summed E-state index contributed by atoms with van der Waals surface area (Å²) in [4.78, 5) is 44.6. The number of benzene rings is 2. The van der Waals surface area contributed by atoms with Crippen LogP contribution in [0.1, 0.15) is 43.5 Å². The zero-order valence-corrected chi connectivity index (χ0v) is 20.4. The first kappa shape index (κ1) is 24.7. The number of nitrogens with zero attached hydrogens (tertiary/aromatic N) is 3. The molecule has 2 heterocycles. The summed E-state index contributed by atoms with van der Waals surface area (Å²) < 4.78 is 13.6. The highest BCUT2D eigenvalue weighted by Gasteiger charge is 2.54. The van der Waals surface area contributed by atoms with Crippen molar-refractivity contribution in [3.63, 3.8) is 0 Å². The highest BCUT2D eigenvalue weighted by atomic mass is 19.1. The first-order valence-corrected chi connectivity index (χ1v) is 12.3. The van der Waals surface area contributed by atoms with E-state index in [0.29, 0.717) is 50.6 Å². The van der Waals surface area contributed by atoms with Crippen molar-refractivity contribution in [2.75, 3.05) is 37.7 Å². The number of halogens is 1. The van der Waals surface area contributed by atoms with Gasteiger partial charge in [0.05, 0.1) is 6.67 Å². The number of para-hydroxylation sites is 1. The monoisotopic (exact) mass is 480 g/mol. The average molecular weight is 481 g/mol. The topological polar surface area (TPSA) is 73.0 Å². The molecule has 2 aliphatic rings. The second-order valence-electron chi connectivity index (χ2n) is 9.56. The number of rotatable bonds is 7. The van der Waals surface area contributed by atoms with E-state index in [2.05, 4.69) is 24.1 Å². The smallest absolute Gasteiger partial charge is 0.253 e. The van der Waals surface area contributed by atoms with Gasteiger partial charge in [0.2, 0.25) is 5.91 Å². The third-order valence-corrected chi connectivity index (χ3v) is 7.21. The van der Waals surface area contributed by atoms with Crippen LogP contribution in [0, 0.1) is 11.7 Å². The van der Waals surface area contributed by atoms with E-state index in [-0.39, 0.29) is 24.3 Å². The summed E-state index contributed by atoms with van der Waals surface area (Å²) in [5, 5.41) is 2.94. The molecule has 186 valence electrons. The molecule has 1 spiro atoms. The van der Waals surface area contributed by atoms with Crippen LogP contribution < -0.4 is 10.2 Å². The van der Waals surface area contributed by atoms with Gasteiger partial charge in [-0.25, -0.2) is 4.39 Å². The summed E-state index contributed by atoms with van der Waals surface area (Å²) in [6.07, 6.45) is 1.85. The summed E-state index contributed by atoms with van der Waals surface area (Å²) in [7, 11) is 0. The molecule has 4 rings (SSSR count). The van der Waals surface area contributed by atoms with E-state index in [0.717, 1.165) is 12.1 Å².